The highest BCUT2D eigenvalue weighted by Crippen LogP contribution is 2.20. The monoisotopic (exact) mass is 239 g/mol. The summed E-state index contributed by atoms with van der Waals surface area (Å²) in [6.45, 7) is 3.78. The Kier molecular flexibility index (Phi) is 4.02. The molecule has 0 aliphatic carbocycles. The highest BCUT2D eigenvalue weighted by Gasteiger charge is 2.03. The summed E-state index contributed by atoms with van der Waals surface area (Å²) in [6, 6.07) is 18.6. The lowest BCUT2D eigenvalue weighted by molar-refractivity contribution is 0.299. The van der Waals surface area contributed by atoms with E-state index in [9.17, 15) is 0 Å². The van der Waals surface area contributed by atoms with Crippen molar-refractivity contribution < 1.29 is 4.74 Å². The van der Waals surface area contributed by atoms with Crippen LogP contribution in [-0.4, -0.2) is 7.11 Å². The zero-order chi connectivity index (χ0) is 12.8. The third kappa shape index (κ3) is 3.14. The van der Waals surface area contributed by atoms with Gasteiger partial charge in [-0.15, -0.1) is 0 Å². The lowest BCUT2D eigenvalue weighted by atomic mass is 10.0. The largest absolute Gasteiger partial charge is 0.483 e. The van der Waals surface area contributed by atoms with E-state index >= 15 is 0 Å². The van der Waals surface area contributed by atoms with Crippen LogP contribution in [0.1, 0.15) is 11.1 Å². The Morgan fingerprint density at radius 3 is 2.44 bits per heavy atom. The van der Waals surface area contributed by atoms with Gasteiger partial charge in [-0.1, -0.05) is 48.5 Å². The van der Waals surface area contributed by atoms with E-state index in [1.165, 1.54) is 11.1 Å². The number of rotatable bonds is 5. The maximum atomic E-state index is 5.05. The molecule has 0 radical (unpaired) electrons. The smallest absolute Gasteiger partial charge is 0.183 e. The van der Waals surface area contributed by atoms with Crippen molar-refractivity contribution in [3.05, 3.63) is 78.2 Å². The molecule has 0 saturated carbocycles. The van der Waals surface area contributed by atoms with Crippen LogP contribution < -0.4 is 5.32 Å². The van der Waals surface area contributed by atoms with E-state index in [0.717, 1.165) is 12.1 Å². The quantitative estimate of drug-likeness (QED) is 0.801. The van der Waals surface area contributed by atoms with Gasteiger partial charge >= 0.3 is 0 Å². The summed E-state index contributed by atoms with van der Waals surface area (Å²) in [7, 11) is 1.61. The SMILES string of the molecule is C=C(Nc1ccccc1Cc1ccccc1)OC. The fourth-order valence-corrected chi connectivity index (χ4v) is 1.81. The summed E-state index contributed by atoms with van der Waals surface area (Å²) in [4.78, 5) is 0. The van der Waals surface area contributed by atoms with E-state index in [1.54, 1.807) is 7.11 Å². The molecule has 18 heavy (non-hydrogen) atoms. The third-order valence-corrected chi connectivity index (χ3v) is 2.78. The van der Waals surface area contributed by atoms with Gasteiger partial charge < -0.3 is 10.1 Å². The number of hydrogen-bond donors (Lipinski definition) is 1. The van der Waals surface area contributed by atoms with Gasteiger partial charge in [-0.05, 0) is 30.2 Å². The highest BCUT2D eigenvalue weighted by atomic mass is 16.5. The van der Waals surface area contributed by atoms with E-state index in [2.05, 4.69) is 42.2 Å². The molecule has 2 aromatic carbocycles. The number of benzene rings is 2. The van der Waals surface area contributed by atoms with E-state index in [0.29, 0.717) is 5.88 Å². The van der Waals surface area contributed by atoms with Crippen molar-refractivity contribution in [2.75, 3.05) is 12.4 Å². The number of methoxy groups -OCH3 is 1. The summed E-state index contributed by atoms with van der Waals surface area (Å²) in [6.07, 6.45) is 0.890. The molecule has 0 spiro atoms. The van der Waals surface area contributed by atoms with Gasteiger partial charge in [-0.2, -0.15) is 0 Å². The molecule has 0 fully saturated rings. The molecular weight excluding hydrogens is 222 g/mol. The molecule has 0 heterocycles. The molecular formula is C16H17NO. The predicted molar refractivity (Wildman–Crippen MR) is 75.5 cm³/mol. The summed E-state index contributed by atoms with van der Waals surface area (Å²) < 4.78 is 5.05. The Labute approximate surface area is 108 Å². The van der Waals surface area contributed by atoms with E-state index in [4.69, 9.17) is 4.74 Å². The molecule has 0 aliphatic rings. The number of ether oxygens (including phenoxy) is 1. The molecule has 0 unspecified atom stereocenters. The van der Waals surface area contributed by atoms with Crippen LogP contribution in [0.5, 0.6) is 0 Å². The Balaban J connectivity index is 2.20. The fraction of sp³-hybridized carbons (Fsp3) is 0.125. The van der Waals surface area contributed by atoms with Crippen LogP contribution in [0.25, 0.3) is 0 Å². The Morgan fingerprint density at radius 1 is 1.06 bits per heavy atom. The normalized spacial score (nSPS) is 9.83. The van der Waals surface area contributed by atoms with Crippen LogP contribution in [0.4, 0.5) is 5.69 Å². The minimum atomic E-state index is 0.551. The van der Waals surface area contributed by atoms with E-state index < -0.39 is 0 Å². The molecule has 0 aromatic heterocycles. The lowest BCUT2D eigenvalue weighted by Gasteiger charge is -2.12. The Bertz CT molecular complexity index is 520. The van der Waals surface area contributed by atoms with Crippen LogP contribution in [0.3, 0.4) is 0 Å². The van der Waals surface area contributed by atoms with Crippen molar-refractivity contribution in [3.63, 3.8) is 0 Å². The van der Waals surface area contributed by atoms with Crippen LogP contribution in [-0.2, 0) is 11.2 Å². The van der Waals surface area contributed by atoms with Gasteiger partial charge in [-0.3, -0.25) is 0 Å². The first-order valence-corrected chi connectivity index (χ1v) is 5.91. The Hall–Kier alpha value is -2.22. The second kappa shape index (κ2) is 5.92. The molecule has 92 valence electrons. The zero-order valence-corrected chi connectivity index (χ0v) is 10.5. The van der Waals surface area contributed by atoms with E-state index in [1.807, 2.05) is 24.3 Å². The maximum Gasteiger partial charge on any atom is 0.183 e. The molecule has 2 rings (SSSR count). The summed E-state index contributed by atoms with van der Waals surface area (Å²) in [5, 5.41) is 3.16. The first-order valence-electron chi connectivity index (χ1n) is 5.91. The Morgan fingerprint density at radius 2 is 1.72 bits per heavy atom. The molecule has 1 N–H and O–H groups in total. The minimum Gasteiger partial charge on any atom is -0.483 e. The maximum absolute atomic E-state index is 5.05. The standard InChI is InChI=1S/C16H17NO/c1-13(18-2)17-16-11-7-6-10-15(16)12-14-8-4-3-5-9-14/h3-11,17H,1,12H2,2H3. The molecule has 2 aromatic rings. The van der Waals surface area contributed by atoms with Crippen molar-refractivity contribution in [2.24, 2.45) is 0 Å². The van der Waals surface area contributed by atoms with Crippen LogP contribution in [0.15, 0.2) is 67.1 Å². The highest BCUT2D eigenvalue weighted by molar-refractivity contribution is 5.55. The third-order valence-electron chi connectivity index (χ3n) is 2.78. The van der Waals surface area contributed by atoms with Gasteiger partial charge in [-0.25, -0.2) is 0 Å². The van der Waals surface area contributed by atoms with Gasteiger partial charge in [0, 0.05) is 5.69 Å². The minimum absolute atomic E-state index is 0.551. The predicted octanol–water partition coefficient (Wildman–Crippen LogP) is 3.81. The van der Waals surface area contributed by atoms with Gasteiger partial charge in [0.1, 0.15) is 0 Å². The van der Waals surface area contributed by atoms with Gasteiger partial charge in [0.25, 0.3) is 0 Å². The number of hydrogen-bond acceptors (Lipinski definition) is 2. The lowest BCUT2D eigenvalue weighted by Crippen LogP contribution is -2.03. The molecule has 0 atom stereocenters. The molecule has 2 heteroatoms. The zero-order valence-electron chi connectivity index (χ0n) is 10.5. The topological polar surface area (TPSA) is 21.3 Å². The van der Waals surface area contributed by atoms with Crippen LogP contribution >= 0.6 is 0 Å². The first kappa shape index (κ1) is 12.2. The average molecular weight is 239 g/mol. The fourth-order valence-electron chi connectivity index (χ4n) is 1.81. The van der Waals surface area contributed by atoms with Crippen molar-refractivity contribution >= 4 is 5.69 Å². The van der Waals surface area contributed by atoms with Crippen molar-refractivity contribution in [3.8, 4) is 0 Å². The number of anilines is 1. The van der Waals surface area contributed by atoms with Gasteiger partial charge in [0.05, 0.1) is 7.11 Å². The average Bonchev–Trinajstić information content (AvgIpc) is 2.42. The molecule has 0 aliphatic heterocycles. The number of para-hydroxylation sites is 1. The van der Waals surface area contributed by atoms with Crippen molar-refractivity contribution in [1.82, 2.24) is 0 Å². The number of nitrogens with one attached hydrogen (secondary N) is 1. The first-order chi connectivity index (χ1) is 8.79. The van der Waals surface area contributed by atoms with Gasteiger partial charge in [0.2, 0.25) is 0 Å². The molecule has 2 nitrogen and oxygen atoms in total. The summed E-state index contributed by atoms with van der Waals surface area (Å²) >= 11 is 0. The molecule has 0 bridgehead atoms. The summed E-state index contributed by atoms with van der Waals surface area (Å²) in [5.41, 5.74) is 3.55. The van der Waals surface area contributed by atoms with Crippen molar-refractivity contribution in [1.29, 1.82) is 0 Å². The van der Waals surface area contributed by atoms with Crippen LogP contribution in [0.2, 0.25) is 0 Å². The molecule has 0 amide bonds. The summed E-state index contributed by atoms with van der Waals surface area (Å²) in [5.74, 6) is 0.551. The van der Waals surface area contributed by atoms with Gasteiger partial charge in [0.15, 0.2) is 5.88 Å². The van der Waals surface area contributed by atoms with E-state index in [-0.39, 0.29) is 0 Å². The second-order valence-corrected chi connectivity index (χ2v) is 4.07. The van der Waals surface area contributed by atoms with Crippen LogP contribution in [0, 0.1) is 0 Å². The molecule has 0 saturated heterocycles. The van der Waals surface area contributed by atoms with Crippen molar-refractivity contribution in [2.45, 2.75) is 6.42 Å². The second-order valence-electron chi connectivity index (χ2n) is 4.07.